The highest BCUT2D eigenvalue weighted by Crippen LogP contribution is 2.37. The molecule has 144 valence electrons. The van der Waals surface area contributed by atoms with Crippen LogP contribution in [-0.2, 0) is 5.72 Å². The normalized spacial score (nSPS) is 22.3. The van der Waals surface area contributed by atoms with Crippen LogP contribution in [0.2, 0.25) is 15.1 Å². The lowest BCUT2D eigenvalue weighted by molar-refractivity contribution is -0.658. The molecule has 0 bridgehead atoms. The molecule has 2 aromatic carbocycles. The third-order valence-electron chi connectivity index (χ3n) is 5.25. The number of β-amino-alcohol motifs (C(OH)–C–C–N with tert-alkyl or cyclic N) is 1. The van der Waals surface area contributed by atoms with E-state index in [9.17, 15) is 5.11 Å². The Morgan fingerprint density at radius 1 is 0.926 bits per heavy atom. The molecule has 0 saturated heterocycles. The number of aliphatic hydroxyl groups is 1. The van der Waals surface area contributed by atoms with Crippen LogP contribution in [0.3, 0.4) is 0 Å². The first-order valence-corrected chi connectivity index (χ1v) is 9.97. The van der Waals surface area contributed by atoms with E-state index in [-0.39, 0.29) is 17.0 Å². The fourth-order valence-electron chi connectivity index (χ4n) is 3.92. The van der Waals surface area contributed by atoms with Gasteiger partial charge in [-0.3, -0.25) is 0 Å². The summed E-state index contributed by atoms with van der Waals surface area (Å²) in [7, 11) is 0. The number of halogens is 4. The zero-order chi connectivity index (χ0) is 18.3. The molecule has 1 N–H and O–H groups in total. The minimum atomic E-state index is -1.13. The predicted molar refractivity (Wildman–Crippen MR) is 108 cm³/mol. The number of amidine groups is 1. The van der Waals surface area contributed by atoms with E-state index in [1.54, 1.807) is 12.1 Å². The predicted octanol–water partition coefficient (Wildman–Crippen LogP) is 2.30. The van der Waals surface area contributed by atoms with E-state index in [0.717, 1.165) is 49.3 Å². The van der Waals surface area contributed by atoms with E-state index in [1.165, 1.54) is 0 Å². The van der Waals surface area contributed by atoms with Crippen molar-refractivity contribution < 1.29 is 26.7 Å². The Labute approximate surface area is 184 Å². The molecule has 0 radical (unpaired) electrons. The summed E-state index contributed by atoms with van der Waals surface area (Å²) in [6.45, 7) is 1.26. The molecule has 0 aliphatic carbocycles. The highest BCUT2D eigenvalue weighted by molar-refractivity contribution is 6.42. The lowest BCUT2D eigenvalue weighted by Crippen LogP contribution is -3.00. The molecule has 7 heteroatoms. The summed E-state index contributed by atoms with van der Waals surface area (Å²) < 4.78 is 2.13. The molecule has 2 aliphatic rings. The number of nitrogens with zero attached hydrogens (tertiary/aromatic N) is 2. The zero-order valence-corrected chi connectivity index (χ0v) is 18.5. The second-order valence-corrected chi connectivity index (χ2v) is 8.14. The number of anilines is 1. The average Bonchev–Trinajstić information content (AvgIpc) is 2.78. The summed E-state index contributed by atoms with van der Waals surface area (Å²) in [4.78, 5) is 2.20. The van der Waals surface area contributed by atoms with Gasteiger partial charge in [0.15, 0.2) is 6.54 Å². The number of hydrogen-bond donors (Lipinski definition) is 1. The van der Waals surface area contributed by atoms with E-state index >= 15 is 0 Å². The summed E-state index contributed by atoms with van der Waals surface area (Å²) in [5.41, 5.74) is 0.670. The van der Waals surface area contributed by atoms with Gasteiger partial charge in [-0.05, 0) is 55.7 Å². The molecule has 2 aromatic rings. The third kappa shape index (κ3) is 3.88. The number of rotatable bonds is 2. The Kier molecular flexibility index (Phi) is 6.44. The molecule has 0 fully saturated rings. The molecular weight excluding hydrogens is 470 g/mol. The highest BCUT2D eigenvalue weighted by Gasteiger charge is 2.52. The second-order valence-electron chi connectivity index (χ2n) is 6.89. The molecular formula is C20H20BrCl3N2O. The van der Waals surface area contributed by atoms with Gasteiger partial charge in [0.1, 0.15) is 5.69 Å². The summed E-state index contributed by atoms with van der Waals surface area (Å²) in [6.07, 6.45) is 4.27. The molecule has 3 nitrogen and oxygen atoms in total. The van der Waals surface area contributed by atoms with Crippen LogP contribution in [0.25, 0.3) is 0 Å². The van der Waals surface area contributed by atoms with Crippen LogP contribution >= 0.6 is 34.8 Å². The van der Waals surface area contributed by atoms with Gasteiger partial charge < -0.3 is 22.1 Å². The maximum Gasteiger partial charge on any atom is 0.271 e. The van der Waals surface area contributed by atoms with E-state index in [4.69, 9.17) is 34.8 Å². The van der Waals surface area contributed by atoms with Crippen molar-refractivity contribution >= 4 is 46.3 Å². The summed E-state index contributed by atoms with van der Waals surface area (Å²) in [5, 5.41) is 13.4. The first kappa shape index (κ1) is 20.9. The van der Waals surface area contributed by atoms with Crippen LogP contribution in [0.15, 0.2) is 42.5 Å². The molecule has 0 saturated carbocycles. The highest BCUT2D eigenvalue weighted by atomic mass is 79.9. The molecule has 27 heavy (non-hydrogen) atoms. The first-order chi connectivity index (χ1) is 12.5. The maximum absolute atomic E-state index is 11.7. The molecule has 1 atom stereocenters. The Hall–Kier alpha value is -0.780. The summed E-state index contributed by atoms with van der Waals surface area (Å²) in [6, 6.07) is 13.2. The van der Waals surface area contributed by atoms with Crippen molar-refractivity contribution in [2.75, 3.05) is 18.0 Å². The Morgan fingerprint density at radius 3 is 2.37 bits per heavy atom. The van der Waals surface area contributed by atoms with Gasteiger partial charge in [-0.1, -0.05) is 40.9 Å². The molecule has 0 aromatic heterocycles. The molecule has 2 aliphatic heterocycles. The molecule has 0 spiro atoms. The van der Waals surface area contributed by atoms with E-state index in [2.05, 4.69) is 9.48 Å². The van der Waals surface area contributed by atoms with Gasteiger partial charge in [-0.25, -0.2) is 9.48 Å². The zero-order valence-electron chi connectivity index (χ0n) is 14.6. The SMILES string of the molecule is OC1(c2ccc(Cl)c(Cl)c2)CN(c2ccc(Cl)cc2)C2=[N+]1CCCCC2.[Br-]. The van der Waals surface area contributed by atoms with E-state index < -0.39 is 5.72 Å². The van der Waals surface area contributed by atoms with Crippen LogP contribution in [0.4, 0.5) is 5.69 Å². The fraction of sp³-hybridized carbons (Fsp3) is 0.350. The van der Waals surface area contributed by atoms with Crippen LogP contribution < -0.4 is 21.9 Å². The molecule has 0 amide bonds. The first-order valence-electron chi connectivity index (χ1n) is 8.83. The fourth-order valence-corrected chi connectivity index (χ4v) is 4.35. The minimum Gasteiger partial charge on any atom is -1.00 e. The largest absolute Gasteiger partial charge is 1.00 e. The smallest absolute Gasteiger partial charge is 0.271 e. The maximum atomic E-state index is 11.7. The van der Waals surface area contributed by atoms with Gasteiger partial charge in [-0.15, -0.1) is 0 Å². The topological polar surface area (TPSA) is 26.5 Å². The Balaban J connectivity index is 0.00000210. The molecule has 2 heterocycles. The van der Waals surface area contributed by atoms with Crippen molar-refractivity contribution in [3.05, 3.63) is 63.1 Å². The monoisotopic (exact) mass is 488 g/mol. The van der Waals surface area contributed by atoms with Gasteiger partial charge in [0.05, 0.1) is 16.6 Å². The van der Waals surface area contributed by atoms with Gasteiger partial charge in [-0.2, -0.15) is 0 Å². The second kappa shape index (κ2) is 8.30. The summed E-state index contributed by atoms with van der Waals surface area (Å²) >= 11 is 18.4. The molecule has 1 unspecified atom stereocenters. The quantitative estimate of drug-likeness (QED) is 0.654. The third-order valence-corrected chi connectivity index (χ3v) is 6.24. The van der Waals surface area contributed by atoms with Crippen molar-refractivity contribution in [3.8, 4) is 0 Å². The van der Waals surface area contributed by atoms with Crippen LogP contribution in [-0.4, -0.2) is 28.6 Å². The van der Waals surface area contributed by atoms with Crippen molar-refractivity contribution in [2.45, 2.75) is 31.4 Å². The standard InChI is InChI=1S/C20H20Cl3N2O.BrH/c21-15-6-8-16(9-7-15)24-13-20(26,14-5-10-17(22)18(23)12-14)25-11-3-1-2-4-19(24)25;/h5-10,12,26H,1-4,11,13H2;1H/q+1;/p-1. The van der Waals surface area contributed by atoms with Gasteiger partial charge in [0.2, 0.25) is 0 Å². The van der Waals surface area contributed by atoms with Crippen molar-refractivity contribution in [1.29, 1.82) is 0 Å². The summed E-state index contributed by atoms with van der Waals surface area (Å²) in [5.74, 6) is 1.15. The molecule has 4 rings (SSSR count). The van der Waals surface area contributed by atoms with Crippen molar-refractivity contribution in [2.24, 2.45) is 0 Å². The van der Waals surface area contributed by atoms with E-state index in [1.807, 2.05) is 30.3 Å². The van der Waals surface area contributed by atoms with Crippen molar-refractivity contribution in [1.82, 2.24) is 0 Å². The lowest BCUT2D eigenvalue weighted by Gasteiger charge is -2.24. The minimum absolute atomic E-state index is 0. The van der Waals surface area contributed by atoms with Crippen LogP contribution in [0.5, 0.6) is 0 Å². The van der Waals surface area contributed by atoms with Gasteiger partial charge >= 0.3 is 0 Å². The average molecular weight is 491 g/mol. The van der Waals surface area contributed by atoms with Crippen molar-refractivity contribution in [3.63, 3.8) is 0 Å². The Morgan fingerprint density at radius 2 is 1.67 bits per heavy atom. The number of benzene rings is 2. The van der Waals surface area contributed by atoms with Crippen LogP contribution in [0.1, 0.15) is 31.2 Å². The Bertz CT molecular complexity index is 872. The van der Waals surface area contributed by atoms with Gasteiger partial charge in [0, 0.05) is 17.0 Å². The van der Waals surface area contributed by atoms with E-state index in [0.29, 0.717) is 21.6 Å². The number of hydrogen-bond acceptors (Lipinski definition) is 2. The van der Waals surface area contributed by atoms with Crippen LogP contribution in [0, 0.1) is 0 Å². The lowest BCUT2D eigenvalue weighted by atomic mass is 10.0. The van der Waals surface area contributed by atoms with Gasteiger partial charge in [0.25, 0.3) is 11.6 Å².